The van der Waals surface area contributed by atoms with E-state index in [-0.39, 0.29) is 24.4 Å². The molecule has 0 aliphatic carbocycles. The van der Waals surface area contributed by atoms with Gasteiger partial charge in [-0.15, -0.1) is 0 Å². The molecule has 1 aromatic carbocycles. The average Bonchev–Trinajstić information content (AvgIpc) is 2.49. The number of nitro benzene ring substituents is 1. The van der Waals surface area contributed by atoms with E-state index in [1.165, 1.54) is 0 Å². The molecule has 0 bridgehead atoms. The Hall–Kier alpha value is -3.16. The Kier molecular flexibility index (Phi) is 4.52. The van der Waals surface area contributed by atoms with E-state index in [9.17, 15) is 25.1 Å². The van der Waals surface area contributed by atoms with Crippen LogP contribution in [0.15, 0.2) is 36.7 Å². The topological polar surface area (TPSA) is 126 Å². The number of carbonyl (C=O) groups is 1. The van der Waals surface area contributed by atoms with Gasteiger partial charge in [0.05, 0.1) is 11.3 Å². The second-order valence-corrected chi connectivity index (χ2v) is 4.55. The van der Waals surface area contributed by atoms with Crippen LogP contribution in [-0.4, -0.2) is 26.0 Å². The van der Waals surface area contributed by atoms with Crippen molar-refractivity contribution in [3.63, 3.8) is 0 Å². The van der Waals surface area contributed by atoms with Gasteiger partial charge in [-0.05, 0) is 23.3 Å². The van der Waals surface area contributed by atoms with Crippen molar-refractivity contribution in [1.29, 1.82) is 0 Å². The Morgan fingerprint density at radius 1 is 1.32 bits per heavy atom. The summed E-state index contributed by atoms with van der Waals surface area (Å²) in [6.07, 6.45) is 3.07. The lowest BCUT2D eigenvalue weighted by Gasteiger charge is -2.06. The number of benzene rings is 1. The Balaban J connectivity index is 2.04. The summed E-state index contributed by atoms with van der Waals surface area (Å²) in [6, 6.07) is 5.71. The van der Waals surface area contributed by atoms with E-state index >= 15 is 0 Å². The molecule has 2 aromatic rings. The Morgan fingerprint density at radius 3 is 2.73 bits per heavy atom. The first kappa shape index (κ1) is 15.2. The fourth-order valence-electron chi connectivity index (χ4n) is 1.85. The summed E-state index contributed by atoms with van der Waals surface area (Å²) in [5.74, 6) is -1.82. The van der Waals surface area contributed by atoms with E-state index in [4.69, 9.17) is 0 Å². The van der Waals surface area contributed by atoms with Crippen LogP contribution in [0.1, 0.15) is 11.1 Å². The van der Waals surface area contributed by atoms with Gasteiger partial charge in [0.2, 0.25) is 11.7 Å². The van der Waals surface area contributed by atoms with Crippen molar-refractivity contribution in [2.45, 2.75) is 13.0 Å². The third-order valence-corrected chi connectivity index (χ3v) is 2.90. The van der Waals surface area contributed by atoms with E-state index in [0.29, 0.717) is 0 Å². The SMILES string of the molecule is O=C(Cc1cc(O)c(O)c([N+](=O)[O-])c1)NCc1cccnc1. The minimum absolute atomic E-state index is 0.158. The zero-order chi connectivity index (χ0) is 16.1. The summed E-state index contributed by atoms with van der Waals surface area (Å²) in [5.41, 5.74) is 0.399. The van der Waals surface area contributed by atoms with Crippen molar-refractivity contribution in [3.05, 3.63) is 57.9 Å². The lowest BCUT2D eigenvalue weighted by molar-refractivity contribution is -0.386. The van der Waals surface area contributed by atoms with Gasteiger partial charge in [-0.1, -0.05) is 6.07 Å². The summed E-state index contributed by atoms with van der Waals surface area (Å²) in [5, 5.41) is 32.2. The molecule has 1 heterocycles. The summed E-state index contributed by atoms with van der Waals surface area (Å²) in [6.45, 7) is 0.277. The number of hydrogen-bond donors (Lipinski definition) is 3. The van der Waals surface area contributed by atoms with Crippen molar-refractivity contribution in [2.75, 3.05) is 0 Å². The van der Waals surface area contributed by atoms with Gasteiger partial charge in [0.1, 0.15) is 0 Å². The predicted molar refractivity (Wildman–Crippen MR) is 76.2 cm³/mol. The summed E-state index contributed by atoms with van der Waals surface area (Å²) in [4.78, 5) is 25.7. The number of amides is 1. The van der Waals surface area contributed by atoms with Crippen LogP contribution in [0.4, 0.5) is 5.69 Å². The largest absolute Gasteiger partial charge is 0.504 e. The van der Waals surface area contributed by atoms with Crippen LogP contribution in [0.3, 0.4) is 0 Å². The monoisotopic (exact) mass is 303 g/mol. The highest BCUT2D eigenvalue weighted by atomic mass is 16.6. The van der Waals surface area contributed by atoms with Gasteiger partial charge < -0.3 is 15.5 Å². The van der Waals surface area contributed by atoms with Crippen LogP contribution in [-0.2, 0) is 17.8 Å². The maximum atomic E-state index is 11.8. The number of aromatic hydroxyl groups is 2. The molecule has 0 saturated heterocycles. The first-order valence-electron chi connectivity index (χ1n) is 6.32. The molecule has 0 aliphatic rings. The Labute approximate surface area is 125 Å². The number of nitrogens with zero attached hydrogens (tertiary/aromatic N) is 2. The zero-order valence-electron chi connectivity index (χ0n) is 11.4. The van der Waals surface area contributed by atoms with E-state index < -0.39 is 22.1 Å². The van der Waals surface area contributed by atoms with Crippen molar-refractivity contribution >= 4 is 11.6 Å². The van der Waals surface area contributed by atoms with Crippen LogP contribution >= 0.6 is 0 Å². The molecule has 2 rings (SSSR count). The minimum atomic E-state index is -0.827. The Bertz CT molecular complexity index is 703. The van der Waals surface area contributed by atoms with Crippen LogP contribution in [0, 0.1) is 10.1 Å². The lowest BCUT2D eigenvalue weighted by atomic mass is 10.1. The number of nitrogens with one attached hydrogen (secondary N) is 1. The number of phenolic OH excluding ortho intramolecular Hbond substituents is 2. The van der Waals surface area contributed by atoms with Crippen molar-refractivity contribution in [2.24, 2.45) is 0 Å². The van der Waals surface area contributed by atoms with Gasteiger partial charge in [-0.25, -0.2) is 0 Å². The van der Waals surface area contributed by atoms with Crippen molar-refractivity contribution < 1.29 is 19.9 Å². The molecule has 114 valence electrons. The lowest BCUT2D eigenvalue weighted by Crippen LogP contribution is -2.24. The molecular weight excluding hydrogens is 290 g/mol. The first-order valence-corrected chi connectivity index (χ1v) is 6.32. The molecule has 0 fully saturated rings. The Morgan fingerprint density at radius 2 is 2.09 bits per heavy atom. The molecule has 0 unspecified atom stereocenters. The van der Waals surface area contributed by atoms with Gasteiger partial charge in [0.25, 0.3) is 0 Å². The van der Waals surface area contributed by atoms with Gasteiger partial charge >= 0.3 is 5.69 Å². The van der Waals surface area contributed by atoms with Gasteiger partial charge in [0.15, 0.2) is 5.75 Å². The van der Waals surface area contributed by atoms with E-state index in [0.717, 1.165) is 17.7 Å². The van der Waals surface area contributed by atoms with Crippen LogP contribution in [0.5, 0.6) is 11.5 Å². The summed E-state index contributed by atoms with van der Waals surface area (Å²) >= 11 is 0. The smallest absolute Gasteiger partial charge is 0.314 e. The van der Waals surface area contributed by atoms with E-state index in [1.807, 2.05) is 0 Å². The molecule has 8 nitrogen and oxygen atoms in total. The number of aromatic nitrogens is 1. The second kappa shape index (κ2) is 6.53. The number of rotatable bonds is 5. The van der Waals surface area contributed by atoms with Crippen molar-refractivity contribution in [3.8, 4) is 11.5 Å². The van der Waals surface area contributed by atoms with E-state index in [2.05, 4.69) is 10.3 Å². The molecule has 8 heteroatoms. The molecular formula is C14H13N3O5. The third kappa shape index (κ3) is 3.69. The predicted octanol–water partition coefficient (Wildman–Crippen LogP) is 1.26. The molecule has 0 spiro atoms. The first-order chi connectivity index (χ1) is 10.5. The highest BCUT2D eigenvalue weighted by molar-refractivity contribution is 5.79. The molecule has 0 aliphatic heterocycles. The molecule has 3 N–H and O–H groups in total. The van der Waals surface area contributed by atoms with Crippen molar-refractivity contribution in [1.82, 2.24) is 10.3 Å². The van der Waals surface area contributed by atoms with E-state index in [1.54, 1.807) is 24.5 Å². The number of hydrogen-bond acceptors (Lipinski definition) is 6. The third-order valence-electron chi connectivity index (χ3n) is 2.90. The normalized spacial score (nSPS) is 10.2. The maximum Gasteiger partial charge on any atom is 0.314 e. The fraction of sp³-hybridized carbons (Fsp3) is 0.143. The maximum absolute atomic E-state index is 11.8. The molecule has 0 saturated carbocycles. The van der Waals surface area contributed by atoms with Gasteiger partial charge in [-0.3, -0.25) is 19.9 Å². The molecule has 0 atom stereocenters. The van der Waals surface area contributed by atoms with Gasteiger partial charge in [0, 0.05) is 25.0 Å². The zero-order valence-corrected chi connectivity index (χ0v) is 11.4. The summed E-state index contributed by atoms with van der Waals surface area (Å²) in [7, 11) is 0. The van der Waals surface area contributed by atoms with Crippen LogP contribution < -0.4 is 5.32 Å². The highest BCUT2D eigenvalue weighted by Gasteiger charge is 2.19. The average molecular weight is 303 g/mol. The number of phenols is 2. The van der Waals surface area contributed by atoms with Crippen LogP contribution in [0.25, 0.3) is 0 Å². The summed E-state index contributed by atoms with van der Waals surface area (Å²) < 4.78 is 0. The standard InChI is InChI=1S/C14H13N3O5/c18-12-5-10(4-11(14(12)20)17(21)22)6-13(19)16-8-9-2-1-3-15-7-9/h1-5,7,18,20H,6,8H2,(H,16,19). The molecule has 0 radical (unpaired) electrons. The molecule has 1 aromatic heterocycles. The molecule has 22 heavy (non-hydrogen) atoms. The number of carbonyl (C=O) groups excluding carboxylic acids is 1. The highest BCUT2D eigenvalue weighted by Crippen LogP contribution is 2.36. The van der Waals surface area contributed by atoms with Gasteiger partial charge in [-0.2, -0.15) is 0 Å². The number of nitro groups is 1. The minimum Gasteiger partial charge on any atom is -0.504 e. The fourth-order valence-corrected chi connectivity index (χ4v) is 1.85. The quantitative estimate of drug-likeness (QED) is 0.433. The number of pyridine rings is 1. The molecule has 1 amide bonds. The van der Waals surface area contributed by atoms with Crippen LogP contribution in [0.2, 0.25) is 0 Å². The second-order valence-electron chi connectivity index (χ2n) is 4.55.